The molecule has 0 fully saturated rings. The number of rotatable bonds is 4. The average Bonchev–Trinajstić information content (AvgIpc) is 3.07. The molecule has 1 heterocycles. The molecule has 1 radical (unpaired) electrons. The molecular formula is C26H18ClN2O. The van der Waals surface area contributed by atoms with E-state index < -0.39 is 5.91 Å². The summed E-state index contributed by atoms with van der Waals surface area (Å²) >= 11 is 6.31. The third-order valence-electron chi connectivity index (χ3n) is 5.46. The van der Waals surface area contributed by atoms with Gasteiger partial charge in [0.05, 0.1) is 11.0 Å². The van der Waals surface area contributed by atoms with Crippen molar-refractivity contribution in [3.63, 3.8) is 0 Å². The van der Waals surface area contributed by atoms with Crippen molar-refractivity contribution < 1.29 is 4.79 Å². The summed E-state index contributed by atoms with van der Waals surface area (Å²) in [5.74, 6) is -0.451. The first-order chi connectivity index (χ1) is 14.6. The number of carbonyl (C=O) groups is 1. The predicted molar refractivity (Wildman–Crippen MR) is 123 cm³/mol. The number of carbonyl (C=O) groups excluding carboxylic acids is 1. The number of amides is 1. The highest BCUT2D eigenvalue weighted by atomic mass is 35.5. The highest BCUT2D eigenvalue weighted by molar-refractivity contribution is 6.31. The summed E-state index contributed by atoms with van der Waals surface area (Å²) in [7, 11) is 0. The SMILES string of the molecule is NC(=O)c1cccc2c1c1[c]cc(Cl)cc1n2Cc1ccccc1-c1ccccc1. The number of hydrogen-bond acceptors (Lipinski definition) is 1. The van der Waals surface area contributed by atoms with Crippen molar-refractivity contribution in [2.45, 2.75) is 6.54 Å². The Morgan fingerprint density at radius 1 is 0.933 bits per heavy atom. The molecule has 0 aliphatic rings. The van der Waals surface area contributed by atoms with Crippen LogP contribution in [0, 0.1) is 6.07 Å². The lowest BCUT2D eigenvalue weighted by Gasteiger charge is -2.13. The van der Waals surface area contributed by atoms with E-state index in [1.54, 1.807) is 12.1 Å². The van der Waals surface area contributed by atoms with Crippen LogP contribution < -0.4 is 5.73 Å². The fraction of sp³-hybridized carbons (Fsp3) is 0.0385. The Morgan fingerprint density at radius 2 is 1.70 bits per heavy atom. The van der Waals surface area contributed by atoms with Gasteiger partial charge in [-0.1, -0.05) is 72.3 Å². The van der Waals surface area contributed by atoms with Crippen molar-refractivity contribution >= 4 is 39.3 Å². The third kappa shape index (κ3) is 3.04. The van der Waals surface area contributed by atoms with Crippen LogP contribution in [0.15, 0.2) is 84.9 Å². The average molecular weight is 410 g/mol. The van der Waals surface area contributed by atoms with E-state index >= 15 is 0 Å². The van der Waals surface area contributed by atoms with E-state index in [2.05, 4.69) is 34.9 Å². The van der Waals surface area contributed by atoms with E-state index in [1.807, 2.05) is 48.5 Å². The number of aromatic nitrogens is 1. The van der Waals surface area contributed by atoms with Gasteiger partial charge in [0.15, 0.2) is 0 Å². The number of primary amides is 1. The van der Waals surface area contributed by atoms with Crippen LogP contribution in [0.25, 0.3) is 32.9 Å². The number of hydrogen-bond donors (Lipinski definition) is 1. The van der Waals surface area contributed by atoms with Gasteiger partial charge in [-0.15, -0.1) is 0 Å². The second-order valence-corrected chi connectivity index (χ2v) is 7.69. The molecule has 145 valence electrons. The summed E-state index contributed by atoms with van der Waals surface area (Å²) in [5, 5.41) is 2.26. The van der Waals surface area contributed by atoms with Crippen molar-refractivity contribution in [1.82, 2.24) is 4.57 Å². The maximum absolute atomic E-state index is 12.1. The standard InChI is InChI=1S/C26H18ClN2O/c27-19-13-14-21-24(15-19)29(23-12-6-11-22(25(21)23)26(28)30)16-18-9-4-5-10-20(18)17-7-2-1-3-8-17/h1-13,15H,16H2,(H2,28,30). The van der Waals surface area contributed by atoms with E-state index in [4.69, 9.17) is 17.3 Å². The molecule has 0 aliphatic carbocycles. The Labute approximate surface area is 179 Å². The molecule has 30 heavy (non-hydrogen) atoms. The van der Waals surface area contributed by atoms with Crippen LogP contribution in [0.1, 0.15) is 15.9 Å². The lowest BCUT2D eigenvalue weighted by Crippen LogP contribution is -2.11. The first-order valence-corrected chi connectivity index (χ1v) is 10.1. The largest absolute Gasteiger partial charge is 0.366 e. The van der Waals surface area contributed by atoms with E-state index in [0.717, 1.165) is 27.4 Å². The first-order valence-electron chi connectivity index (χ1n) is 9.69. The molecule has 5 rings (SSSR count). The van der Waals surface area contributed by atoms with Crippen molar-refractivity contribution in [2.75, 3.05) is 0 Å². The maximum Gasteiger partial charge on any atom is 0.249 e. The van der Waals surface area contributed by atoms with Crippen molar-refractivity contribution in [1.29, 1.82) is 0 Å². The molecule has 0 aliphatic heterocycles. The second-order valence-electron chi connectivity index (χ2n) is 7.25. The molecule has 3 nitrogen and oxygen atoms in total. The number of halogens is 1. The Hall–Kier alpha value is -3.56. The summed E-state index contributed by atoms with van der Waals surface area (Å²) in [6.07, 6.45) is 0. The van der Waals surface area contributed by atoms with Crippen LogP contribution >= 0.6 is 11.6 Å². The second kappa shape index (κ2) is 7.36. The third-order valence-corrected chi connectivity index (χ3v) is 5.67. The molecule has 0 saturated heterocycles. The zero-order chi connectivity index (χ0) is 20.7. The van der Waals surface area contributed by atoms with Crippen LogP contribution in [0.4, 0.5) is 0 Å². The van der Waals surface area contributed by atoms with Gasteiger partial charge in [-0.05, 0) is 47.0 Å². The van der Waals surface area contributed by atoms with Crippen LogP contribution in [0.2, 0.25) is 5.02 Å². The smallest absolute Gasteiger partial charge is 0.249 e. The van der Waals surface area contributed by atoms with Gasteiger partial charge in [0.1, 0.15) is 0 Å². The van der Waals surface area contributed by atoms with Gasteiger partial charge < -0.3 is 10.3 Å². The molecule has 0 unspecified atom stereocenters. The summed E-state index contributed by atoms with van der Waals surface area (Å²) < 4.78 is 2.18. The van der Waals surface area contributed by atoms with Gasteiger partial charge in [0, 0.05) is 27.9 Å². The topological polar surface area (TPSA) is 48.0 Å². The molecule has 1 amide bonds. The Morgan fingerprint density at radius 3 is 2.50 bits per heavy atom. The molecule has 0 spiro atoms. The number of nitrogens with zero attached hydrogens (tertiary/aromatic N) is 1. The monoisotopic (exact) mass is 409 g/mol. The van der Waals surface area contributed by atoms with Gasteiger partial charge in [-0.2, -0.15) is 0 Å². The van der Waals surface area contributed by atoms with Gasteiger partial charge >= 0.3 is 0 Å². The van der Waals surface area contributed by atoms with Crippen molar-refractivity contribution in [3.05, 3.63) is 107 Å². The Balaban J connectivity index is 1.78. The molecule has 4 heteroatoms. The summed E-state index contributed by atoms with van der Waals surface area (Å²) in [6.45, 7) is 0.626. The summed E-state index contributed by atoms with van der Waals surface area (Å²) in [5.41, 5.74) is 11.5. The van der Waals surface area contributed by atoms with Gasteiger partial charge in [0.25, 0.3) is 0 Å². The zero-order valence-electron chi connectivity index (χ0n) is 16.1. The lowest BCUT2D eigenvalue weighted by molar-refractivity contribution is 0.100. The number of nitrogens with two attached hydrogens (primary N) is 1. The molecule has 2 N–H and O–H groups in total. The summed E-state index contributed by atoms with van der Waals surface area (Å²) in [6, 6.07) is 31.2. The molecule has 0 saturated carbocycles. The molecule has 0 atom stereocenters. The lowest BCUT2D eigenvalue weighted by atomic mass is 9.99. The van der Waals surface area contributed by atoms with Gasteiger partial charge in [-0.25, -0.2) is 0 Å². The van der Waals surface area contributed by atoms with E-state index in [0.29, 0.717) is 17.1 Å². The molecule has 0 bridgehead atoms. The minimum Gasteiger partial charge on any atom is -0.366 e. The first kappa shape index (κ1) is 18.5. The highest BCUT2D eigenvalue weighted by Crippen LogP contribution is 2.34. The minimum atomic E-state index is -0.451. The fourth-order valence-corrected chi connectivity index (χ4v) is 4.29. The Kier molecular flexibility index (Phi) is 4.53. The quantitative estimate of drug-likeness (QED) is 0.385. The molecule has 1 aromatic heterocycles. The maximum atomic E-state index is 12.1. The van der Waals surface area contributed by atoms with Crippen molar-refractivity contribution in [2.24, 2.45) is 5.73 Å². The van der Waals surface area contributed by atoms with E-state index in [9.17, 15) is 4.79 Å². The molecule has 5 aromatic rings. The highest BCUT2D eigenvalue weighted by Gasteiger charge is 2.18. The number of fused-ring (bicyclic) bond motifs is 3. The fourth-order valence-electron chi connectivity index (χ4n) is 4.13. The van der Waals surface area contributed by atoms with E-state index in [-0.39, 0.29) is 0 Å². The van der Waals surface area contributed by atoms with Crippen LogP contribution in [0.5, 0.6) is 0 Å². The molecule has 4 aromatic carbocycles. The van der Waals surface area contributed by atoms with E-state index in [1.165, 1.54) is 11.1 Å². The minimum absolute atomic E-state index is 0.451. The van der Waals surface area contributed by atoms with Gasteiger partial charge in [-0.3, -0.25) is 4.79 Å². The molecular weight excluding hydrogens is 392 g/mol. The van der Waals surface area contributed by atoms with Crippen molar-refractivity contribution in [3.8, 4) is 11.1 Å². The van der Waals surface area contributed by atoms with Crippen LogP contribution in [-0.4, -0.2) is 10.5 Å². The van der Waals surface area contributed by atoms with Crippen LogP contribution in [-0.2, 0) is 6.54 Å². The van der Waals surface area contributed by atoms with Gasteiger partial charge in [0.2, 0.25) is 5.91 Å². The predicted octanol–water partition coefficient (Wildman–Crippen LogP) is 6.06. The zero-order valence-corrected chi connectivity index (χ0v) is 16.9. The number of benzene rings is 4. The normalized spacial score (nSPS) is 11.2. The summed E-state index contributed by atoms with van der Waals surface area (Å²) in [4.78, 5) is 12.1. The van der Waals surface area contributed by atoms with Crippen LogP contribution in [0.3, 0.4) is 0 Å². The Bertz CT molecular complexity index is 1400.